The van der Waals surface area contributed by atoms with Crippen LogP contribution in [0.1, 0.15) is 5.69 Å². The molecule has 156 valence electrons. The number of pyridine rings is 2. The lowest BCUT2D eigenvalue weighted by molar-refractivity contribution is -0.201. The number of fused-ring (bicyclic) bond motifs is 1. The number of piperazine rings is 1. The first-order valence-electron chi connectivity index (χ1n) is 9.35. The van der Waals surface area contributed by atoms with E-state index in [4.69, 9.17) is 5.11 Å². The zero-order valence-electron chi connectivity index (χ0n) is 15.9. The second-order valence-corrected chi connectivity index (χ2v) is 6.85. The zero-order chi connectivity index (χ0) is 20.9. The minimum absolute atomic E-state index is 0.595. The van der Waals surface area contributed by atoms with Crippen molar-refractivity contribution in [2.75, 3.05) is 32.7 Å². The molecule has 0 spiro atoms. The van der Waals surface area contributed by atoms with Crippen LogP contribution in [-0.4, -0.2) is 69.9 Å². The summed E-state index contributed by atoms with van der Waals surface area (Å²) in [7, 11) is 0. The summed E-state index contributed by atoms with van der Waals surface area (Å²) in [5.74, 6) is 0. The van der Waals surface area contributed by atoms with Crippen molar-refractivity contribution in [2.45, 2.75) is 18.8 Å². The highest BCUT2D eigenvalue weighted by atomic mass is 19.4. The fourth-order valence-electron chi connectivity index (χ4n) is 3.14. The average molecular weight is 407 g/mol. The van der Waals surface area contributed by atoms with Crippen LogP contribution < -0.4 is 5.32 Å². The van der Waals surface area contributed by atoms with E-state index in [1.54, 1.807) is 12.3 Å². The van der Waals surface area contributed by atoms with Gasteiger partial charge in [-0.15, -0.1) is 0 Å². The van der Waals surface area contributed by atoms with Crippen LogP contribution in [0.3, 0.4) is 0 Å². The number of aliphatic hydroxyl groups is 1. The first kappa shape index (κ1) is 21.1. The molecule has 9 heteroatoms. The van der Waals surface area contributed by atoms with Gasteiger partial charge in [-0.3, -0.25) is 4.90 Å². The Labute approximate surface area is 167 Å². The number of halogens is 3. The number of aliphatic hydroxyl groups excluding tert-OH is 1. The van der Waals surface area contributed by atoms with Gasteiger partial charge in [0.05, 0.1) is 11.4 Å². The Morgan fingerprint density at radius 3 is 2.69 bits per heavy atom. The van der Waals surface area contributed by atoms with Gasteiger partial charge in [-0.2, -0.15) is 13.2 Å². The van der Waals surface area contributed by atoms with E-state index in [-0.39, 0.29) is 0 Å². The lowest BCUT2D eigenvalue weighted by Gasteiger charge is -2.36. The molecular formula is C20H24F3N5O. The maximum absolute atomic E-state index is 12.4. The highest BCUT2D eigenvalue weighted by molar-refractivity contribution is 5.74. The van der Waals surface area contributed by atoms with E-state index in [0.29, 0.717) is 25.3 Å². The highest BCUT2D eigenvalue weighted by Crippen LogP contribution is 2.19. The second-order valence-electron chi connectivity index (χ2n) is 6.85. The Kier molecular flexibility index (Phi) is 6.71. The molecular weight excluding hydrogens is 383 g/mol. The van der Waals surface area contributed by atoms with E-state index in [2.05, 4.69) is 26.8 Å². The molecule has 1 aliphatic rings. The van der Waals surface area contributed by atoms with Crippen molar-refractivity contribution in [1.29, 1.82) is 0 Å². The van der Waals surface area contributed by atoms with Crippen molar-refractivity contribution < 1.29 is 18.3 Å². The van der Waals surface area contributed by atoms with Crippen LogP contribution in [0.5, 0.6) is 0 Å². The summed E-state index contributed by atoms with van der Waals surface area (Å²) >= 11 is 0. The number of allylic oxidation sites excluding steroid dienone is 1. The van der Waals surface area contributed by atoms with E-state index in [1.807, 2.05) is 29.2 Å². The van der Waals surface area contributed by atoms with Gasteiger partial charge in [0.25, 0.3) is 0 Å². The second kappa shape index (κ2) is 9.23. The lowest BCUT2D eigenvalue weighted by Crippen LogP contribution is -2.45. The Hall–Kier alpha value is -2.65. The maximum Gasteiger partial charge on any atom is 0.416 e. The minimum atomic E-state index is -4.63. The third-order valence-corrected chi connectivity index (χ3v) is 4.79. The first-order chi connectivity index (χ1) is 13.9. The maximum atomic E-state index is 12.4. The summed E-state index contributed by atoms with van der Waals surface area (Å²) in [5, 5.41) is 12.6. The normalized spacial score (nSPS) is 17.4. The van der Waals surface area contributed by atoms with Gasteiger partial charge >= 0.3 is 6.18 Å². The van der Waals surface area contributed by atoms with Crippen LogP contribution in [0.15, 0.2) is 55.0 Å². The Morgan fingerprint density at radius 2 is 2.00 bits per heavy atom. The van der Waals surface area contributed by atoms with Crippen LogP contribution >= 0.6 is 0 Å². The molecule has 3 rings (SSSR count). The van der Waals surface area contributed by atoms with Crippen LogP contribution in [-0.2, 0) is 6.54 Å². The molecule has 3 heterocycles. The quantitative estimate of drug-likeness (QED) is 0.687. The third kappa shape index (κ3) is 5.68. The van der Waals surface area contributed by atoms with Gasteiger partial charge in [0.15, 0.2) is 11.8 Å². The van der Waals surface area contributed by atoms with Gasteiger partial charge in [0.2, 0.25) is 0 Å². The summed E-state index contributed by atoms with van der Waals surface area (Å²) < 4.78 is 37.1. The zero-order valence-corrected chi connectivity index (χ0v) is 15.9. The largest absolute Gasteiger partial charge is 0.416 e. The summed E-state index contributed by atoms with van der Waals surface area (Å²) in [5.41, 5.74) is 2.38. The van der Waals surface area contributed by atoms with Crippen LogP contribution in [0.2, 0.25) is 0 Å². The van der Waals surface area contributed by atoms with Crippen molar-refractivity contribution in [3.8, 4) is 0 Å². The molecule has 2 N–H and O–H groups in total. The van der Waals surface area contributed by atoms with E-state index in [9.17, 15) is 13.2 Å². The van der Waals surface area contributed by atoms with Crippen molar-refractivity contribution in [3.05, 3.63) is 60.7 Å². The molecule has 1 saturated heterocycles. The van der Waals surface area contributed by atoms with Crippen LogP contribution in [0, 0.1) is 0 Å². The lowest BCUT2D eigenvalue weighted by atomic mass is 10.2. The van der Waals surface area contributed by atoms with Gasteiger partial charge in [-0.1, -0.05) is 6.58 Å². The molecule has 2 aromatic rings. The molecule has 0 saturated carbocycles. The van der Waals surface area contributed by atoms with Crippen LogP contribution in [0.25, 0.3) is 11.0 Å². The first-order valence-corrected chi connectivity index (χ1v) is 9.35. The van der Waals surface area contributed by atoms with E-state index in [0.717, 1.165) is 29.8 Å². The van der Waals surface area contributed by atoms with E-state index in [1.165, 1.54) is 6.20 Å². The summed E-state index contributed by atoms with van der Waals surface area (Å²) in [6.45, 7) is 6.86. The highest BCUT2D eigenvalue weighted by Gasteiger charge is 2.37. The molecule has 0 amide bonds. The molecule has 1 fully saturated rings. The average Bonchev–Trinajstić information content (AvgIpc) is 2.71. The van der Waals surface area contributed by atoms with Crippen molar-refractivity contribution in [3.63, 3.8) is 0 Å². The Balaban J connectivity index is 1.51. The molecule has 1 atom stereocenters. The van der Waals surface area contributed by atoms with Gasteiger partial charge in [0.1, 0.15) is 0 Å². The van der Waals surface area contributed by atoms with Crippen molar-refractivity contribution in [2.24, 2.45) is 0 Å². The SMILES string of the molecule is C=C/C(=C\NCC(O)C(F)(F)F)N1CCN(Cc2ccc3cccnc3n2)CC1. The molecule has 2 aromatic heterocycles. The third-order valence-electron chi connectivity index (χ3n) is 4.79. The summed E-state index contributed by atoms with van der Waals surface area (Å²) in [6, 6.07) is 7.87. The molecule has 0 radical (unpaired) electrons. The fraction of sp³-hybridized carbons (Fsp3) is 0.400. The number of hydrogen-bond acceptors (Lipinski definition) is 6. The number of aromatic nitrogens is 2. The topological polar surface area (TPSA) is 64.5 Å². The van der Waals surface area contributed by atoms with Gasteiger partial charge in [-0.25, -0.2) is 9.97 Å². The number of alkyl halides is 3. The fourth-order valence-corrected chi connectivity index (χ4v) is 3.14. The van der Waals surface area contributed by atoms with Gasteiger partial charge in [-0.05, 0) is 30.3 Å². The van der Waals surface area contributed by atoms with Crippen molar-refractivity contribution >= 4 is 11.0 Å². The van der Waals surface area contributed by atoms with Crippen molar-refractivity contribution in [1.82, 2.24) is 25.1 Å². The molecule has 29 heavy (non-hydrogen) atoms. The Bertz CT molecular complexity index is 863. The number of hydrogen-bond donors (Lipinski definition) is 2. The van der Waals surface area contributed by atoms with Gasteiger partial charge < -0.3 is 15.3 Å². The molecule has 1 unspecified atom stereocenters. The monoisotopic (exact) mass is 407 g/mol. The predicted octanol–water partition coefficient (Wildman–Crippen LogP) is 2.29. The minimum Gasteiger partial charge on any atom is -0.386 e. The summed E-state index contributed by atoms with van der Waals surface area (Å²) in [4.78, 5) is 13.2. The number of nitrogens with zero attached hydrogens (tertiary/aromatic N) is 4. The number of rotatable bonds is 7. The number of nitrogens with one attached hydrogen (secondary N) is 1. The molecule has 0 aliphatic carbocycles. The van der Waals surface area contributed by atoms with E-state index >= 15 is 0 Å². The van der Waals surface area contributed by atoms with E-state index < -0.39 is 18.8 Å². The molecule has 6 nitrogen and oxygen atoms in total. The standard InChI is InChI=1S/C20H24F3N5O/c1-2-17(12-24-13-18(29)20(21,22)23)28-10-8-27(9-11-28)14-16-6-5-15-4-3-7-25-19(15)26-16/h2-7,12,18,24,29H,1,8-11,13-14H2/b17-12+. The molecule has 0 aromatic carbocycles. The molecule has 0 bridgehead atoms. The molecule has 1 aliphatic heterocycles. The van der Waals surface area contributed by atoms with Crippen LogP contribution in [0.4, 0.5) is 13.2 Å². The smallest absolute Gasteiger partial charge is 0.386 e. The predicted molar refractivity (Wildman–Crippen MR) is 105 cm³/mol. The van der Waals surface area contributed by atoms with Gasteiger partial charge in [0, 0.05) is 57.1 Å². The summed E-state index contributed by atoms with van der Waals surface area (Å²) in [6.07, 6.45) is -2.24. The Morgan fingerprint density at radius 1 is 1.24 bits per heavy atom.